The molecule has 3 aromatic rings. The number of ether oxygens (including phenoxy) is 1. The lowest BCUT2D eigenvalue weighted by Gasteiger charge is -2.18. The highest BCUT2D eigenvalue weighted by atomic mass is 16.5. The van der Waals surface area contributed by atoms with Gasteiger partial charge in [0.2, 0.25) is 0 Å². The van der Waals surface area contributed by atoms with Crippen molar-refractivity contribution in [1.29, 1.82) is 0 Å². The van der Waals surface area contributed by atoms with Gasteiger partial charge in [-0.3, -0.25) is 0 Å². The first-order valence-electron chi connectivity index (χ1n) is 10.5. The normalized spacial score (nSPS) is 12.0. The third-order valence-corrected chi connectivity index (χ3v) is 5.36. The van der Waals surface area contributed by atoms with E-state index in [-0.39, 0.29) is 0 Å². The van der Waals surface area contributed by atoms with Crippen LogP contribution in [0.2, 0.25) is 0 Å². The number of likely N-dealkylation sites (N-methyl/N-ethyl adjacent to an activating group) is 1. The van der Waals surface area contributed by atoms with Crippen molar-refractivity contribution in [2.45, 2.75) is 20.8 Å². The van der Waals surface area contributed by atoms with Crippen molar-refractivity contribution in [1.82, 2.24) is 4.90 Å². The molecule has 3 rings (SSSR count). The Bertz CT molecular complexity index is 894. The highest BCUT2D eigenvalue weighted by Crippen LogP contribution is 2.32. The van der Waals surface area contributed by atoms with E-state index in [1.807, 2.05) is 0 Å². The summed E-state index contributed by atoms with van der Waals surface area (Å²) in [5, 5.41) is 0. The maximum Gasteiger partial charge on any atom is 0.119 e. The van der Waals surface area contributed by atoms with Gasteiger partial charge in [0.1, 0.15) is 12.4 Å². The van der Waals surface area contributed by atoms with Crippen molar-refractivity contribution in [3.8, 4) is 5.75 Å². The zero-order valence-electron chi connectivity index (χ0n) is 17.8. The Balaban J connectivity index is 1.86. The first-order valence-corrected chi connectivity index (χ1v) is 10.5. The predicted octanol–water partition coefficient (Wildman–Crippen LogP) is 6.39. The van der Waals surface area contributed by atoms with Crippen LogP contribution in [0.25, 0.3) is 11.1 Å². The quantitative estimate of drug-likeness (QED) is 0.396. The summed E-state index contributed by atoms with van der Waals surface area (Å²) in [4.78, 5) is 2.37. The standard InChI is InChI=1S/C27H31NO/c1-4-28(5-2)20-21-29-26-18-16-25(17-19-26)27(24-14-10-7-11-15-24)22(3)23-12-8-6-9-13-23/h6-19H,4-5,20-21H2,1-3H3/b27-22+. The molecule has 0 aliphatic heterocycles. The molecule has 0 amide bonds. The summed E-state index contributed by atoms with van der Waals surface area (Å²) >= 11 is 0. The summed E-state index contributed by atoms with van der Waals surface area (Å²) in [5.74, 6) is 0.922. The highest BCUT2D eigenvalue weighted by molar-refractivity contribution is 5.97. The average molecular weight is 386 g/mol. The fraction of sp³-hybridized carbons (Fsp3) is 0.259. The topological polar surface area (TPSA) is 12.5 Å². The largest absolute Gasteiger partial charge is 0.492 e. The number of allylic oxidation sites excluding steroid dienone is 1. The molecule has 0 N–H and O–H groups in total. The van der Waals surface area contributed by atoms with Crippen LogP contribution < -0.4 is 4.74 Å². The molecular formula is C27H31NO. The van der Waals surface area contributed by atoms with Crippen LogP contribution in [0.5, 0.6) is 5.75 Å². The van der Waals surface area contributed by atoms with E-state index in [9.17, 15) is 0 Å². The lowest BCUT2D eigenvalue weighted by molar-refractivity contribution is 0.223. The molecule has 2 nitrogen and oxygen atoms in total. The minimum atomic E-state index is 0.714. The molecular weight excluding hydrogens is 354 g/mol. The monoisotopic (exact) mass is 385 g/mol. The molecule has 150 valence electrons. The van der Waals surface area contributed by atoms with Gasteiger partial charge in [-0.05, 0) is 60.0 Å². The summed E-state index contributed by atoms with van der Waals surface area (Å²) in [6, 6.07) is 29.7. The van der Waals surface area contributed by atoms with Gasteiger partial charge in [-0.15, -0.1) is 0 Å². The SMILES string of the molecule is CCN(CC)CCOc1ccc(/C(=C(\C)c2ccccc2)c2ccccc2)cc1. The van der Waals surface area contributed by atoms with Crippen LogP contribution >= 0.6 is 0 Å². The molecule has 0 unspecified atom stereocenters. The second-order valence-electron chi connectivity index (χ2n) is 7.13. The third-order valence-electron chi connectivity index (χ3n) is 5.36. The molecule has 0 saturated carbocycles. The van der Waals surface area contributed by atoms with Crippen molar-refractivity contribution in [3.63, 3.8) is 0 Å². The summed E-state index contributed by atoms with van der Waals surface area (Å²) < 4.78 is 5.97. The van der Waals surface area contributed by atoms with E-state index < -0.39 is 0 Å². The molecule has 29 heavy (non-hydrogen) atoms. The second kappa shape index (κ2) is 10.6. The Kier molecular flexibility index (Phi) is 7.66. The fourth-order valence-corrected chi connectivity index (χ4v) is 3.59. The van der Waals surface area contributed by atoms with Gasteiger partial charge in [0.05, 0.1) is 0 Å². The minimum absolute atomic E-state index is 0.714. The van der Waals surface area contributed by atoms with Crippen molar-refractivity contribution < 1.29 is 4.74 Å². The van der Waals surface area contributed by atoms with E-state index in [1.54, 1.807) is 0 Å². The molecule has 0 aliphatic carbocycles. The summed E-state index contributed by atoms with van der Waals surface area (Å²) in [6.07, 6.45) is 0. The molecule has 3 aromatic carbocycles. The third kappa shape index (κ3) is 5.58. The van der Waals surface area contributed by atoms with Crippen molar-refractivity contribution in [2.24, 2.45) is 0 Å². The lowest BCUT2D eigenvalue weighted by atomic mass is 9.90. The molecule has 0 saturated heterocycles. The average Bonchev–Trinajstić information content (AvgIpc) is 2.79. The van der Waals surface area contributed by atoms with Gasteiger partial charge in [-0.2, -0.15) is 0 Å². The Hall–Kier alpha value is -2.84. The van der Waals surface area contributed by atoms with Crippen LogP contribution in [-0.2, 0) is 0 Å². The minimum Gasteiger partial charge on any atom is -0.492 e. The zero-order valence-corrected chi connectivity index (χ0v) is 17.8. The van der Waals surface area contributed by atoms with E-state index in [2.05, 4.69) is 111 Å². The van der Waals surface area contributed by atoms with Gasteiger partial charge in [-0.1, -0.05) is 86.6 Å². The van der Waals surface area contributed by atoms with Crippen LogP contribution in [0.4, 0.5) is 0 Å². The van der Waals surface area contributed by atoms with Gasteiger partial charge < -0.3 is 9.64 Å². The van der Waals surface area contributed by atoms with Crippen LogP contribution in [0.1, 0.15) is 37.5 Å². The molecule has 2 heteroatoms. The van der Waals surface area contributed by atoms with Crippen LogP contribution in [0.3, 0.4) is 0 Å². The Morgan fingerprint density at radius 2 is 1.21 bits per heavy atom. The molecule has 0 atom stereocenters. The maximum atomic E-state index is 5.97. The zero-order chi connectivity index (χ0) is 20.5. The van der Waals surface area contributed by atoms with Gasteiger partial charge >= 0.3 is 0 Å². The van der Waals surface area contributed by atoms with E-state index in [0.717, 1.165) is 25.4 Å². The molecule has 0 aromatic heterocycles. The van der Waals surface area contributed by atoms with Gasteiger partial charge in [-0.25, -0.2) is 0 Å². The van der Waals surface area contributed by atoms with Crippen molar-refractivity contribution in [2.75, 3.05) is 26.2 Å². The van der Waals surface area contributed by atoms with Gasteiger partial charge in [0.25, 0.3) is 0 Å². The predicted molar refractivity (Wildman–Crippen MR) is 124 cm³/mol. The summed E-state index contributed by atoms with van der Waals surface area (Å²) in [6.45, 7) is 10.4. The number of benzene rings is 3. The molecule has 0 spiro atoms. The number of nitrogens with zero attached hydrogens (tertiary/aromatic N) is 1. The molecule has 0 heterocycles. The summed E-state index contributed by atoms with van der Waals surface area (Å²) in [5.41, 5.74) is 6.20. The first kappa shape index (κ1) is 20.9. The van der Waals surface area contributed by atoms with E-state index in [4.69, 9.17) is 4.74 Å². The number of hydrogen-bond acceptors (Lipinski definition) is 2. The molecule has 0 radical (unpaired) electrons. The Morgan fingerprint density at radius 3 is 1.76 bits per heavy atom. The first-order chi connectivity index (χ1) is 14.2. The van der Waals surface area contributed by atoms with Crippen molar-refractivity contribution in [3.05, 3.63) is 102 Å². The van der Waals surface area contributed by atoms with Crippen LogP contribution in [0.15, 0.2) is 84.9 Å². The summed E-state index contributed by atoms with van der Waals surface area (Å²) in [7, 11) is 0. The Morgan fingerprint density at radius 1 is 0.690 bits per heavy atom. The molecule has 0 bridgehead atoms. The maximum absolute atomic E-state index is 5.97. The number of hydrogen-bond donors (Lipinski definition) is 0. The van der Waals surface area contributed by atoms with Crippen LogP contribution in [-0.4, -0.2) is 31.1 Å². The smallest absolute Gasteiger partial charge is 0.119 e. The Labute approximate surface area is 175 Å². The van der Waals surface area contributed by atoms with E-state index >= 15 is 0 Å². The molecule has 0 aliphatic rings. The lowest BCUT2D eigenvalue weighted by Crippen LogP contribution is -2.27. The number of rotatable bonds is 9. The fourth-order valence-electron chi connectivity index (χ4n) is 3.59. The van der Waals surface area contributed by atoms with Crippen molar-refractivity contribution >= 4 is 11.1 Å². The van der Waals surface area contributed by atoms with Gasteiger partial charge in [0.15, 0.2) is 0 Å². The van der Waals surface area contributed by atoms with Crippen LogP contribution in [0, 0.1) is 0 Å². The highest BCUT2D eigenvalue weighted by Gasteiger charge is 2.11. The van der Waals surface area contributed by atoms with E-state index in [0.29, 0.717) is 6.61 Å². The second-order valence-corrected chi connectivity index (χ2v) is 7.13. The van der Waals surface area contributed by atoms with Gasteiger partial charge in [0, 0.05) is 6.54 Å². The molecule has 0 fully saturated rings. The van der Waals surface area contributed by atoms with E-state index in [1.165, 1.54) is 27.8 Å².